The highest BCUT2D eigenvalue weighted by Gasteiger charge is 2.32. The van der Waals surface area contributed by atoms with E-state index in [4.69, 9.17) is 18.9 Å². The summed E-state index contributed by atoms with van der Waals surface area (Å²) in [4.78, 5) is 0. The molecule has 1 fully saturated rings. The quantitative estimate of drug-likeness (QED) is 0.697. The van der Waals surface area contributed by atoms with Gasteiger partial charge >= 0.3 is 0 Å². The van der Waals surface area contributed by atoms with Crippen LogP contribution in [0.5, 0.6) is 5.75 Å². The van der Waals surface area contributed by atoms with Gasteiger partial charge < -0.3 is 18.9 Å². The van der Waals surface area contributed by atoms with Crippen molar-refractivity contribution in [3.63, 3.8) is 0 Å². The Morgan fingerprint density at radius 2 is 1.73 bits per heavy atom. The normalized spacial score (nSPS) is 26.0. The van der Waals surface area contributed by atoms with E-state index in [0.717, 1.165) is 11.3 Å². The van der Waals surface area contributed by atoms with Crippen LogP contribution in [-0.2, 0) is 20.8 Å². The lowest BCUT2D eigenvalue weighted by Gasteiger charge is -2.28. The van der Waals surface area contributed by atoms with Gasteiger partial charge in [-0.15, -0.1) is 0 Å². The molecule has 0 aromatic heterocycles. The number of rotatable bonds is 1. The van der Waals surface area contributed by atoms with Crippen LogP contribution >= 0.6 is 0 Å². The van der Waals surface area contributed by atoms with E-state index in [1.54, 1.807) is 0 Å². The highest BCUT2D eigenvalue weighted by molar-refractivity contribution is 5.33. The number of benzene rings is 1. The topological polar surface area (TPSA) is 36.9 Å². The van der Waals surface area contributed by atoms with Crippen LogP contribution in [0.15, 0.2) is 24.3 Å². The van der Waals surface area contributed by atoms with Gasteiger partial charge in [-0.05, 0) is 6.07 Å². The first kappa shape index (κ1) is 9.15. The van der Waals surface area contributed by atoms with E-state index in [0.29, 0.717) is 19.8 Å². The number of hydrogen-bond donors (Lipinski definition) is 0. The van der Waals surface area contributed by atoms with Crippen LogP contribution in [0.1, 0.15) is 5.56 Å². The molecule has 1 aromatic rings. The predicted octanol–water partition coefficient (Wildman–Crippen LogP) is 1.29. The Balaban J connectivity index is 1.76. The van der Waals surface area contributed by atoms with E-state index in [9.17, 15) is 0 Å². The van der Waals surface area contributed by atoms with Crippen molar-refractivity contribution >= 4 is 0 Å². The van der Waals surface area contributed by atoms with Crippen molar-refractivity contribution < 1.29 is 18.9 Å². The molecular formula is C11H12O4. The molecule has 1 aromatic carbocycles. The molecule has 4 nitrogen and oxygen atoms in total. The van der Waals surface area contributed by atoms with Gasteiger partial charge in [-0.25, -0.2) is 0 Å². The smallest absolute Gasteiger partial charge is 0.251 e. The molecule has 1 atom stereocenters. The molecule has 4 heteroatoms. The minimum absolute atomic E-state index is 0.390. The molecule has 0 saturated carbocycles. The van der Waals surface area contributed by atoms with E-state index < -0.39 is 12.6 Å². The monoisotopic (exact) mass is 208 g/mol. The molecule has 0 bridgehead atoms. The second-order valence-corrected chi connectivity index (χ2v) is 3.51. The second kappa shape index (κ2) is 3.81. The fourth-order valence-electron chi connectivity index (χ4n) is 1.74. The van der Waals surface area contributed by atoms with Crippen LogP contribution in [0.4, 0.5) is 0 Å². The molecule has 0 aliphatic carbocycles. The molecule has 0 amide bonds. The van der Waals surface area contributed by atoms with Crippen molar-refractivity contribution in [1.29, 1.82) is 0 Å². The summed E-state index contributed by atoms with van der Waals surface area (Å²) in [6.45, 7) is 1.76. The van der Waals surface area contributed by atoms with Crippen LogP contribution in [0.3, 0.4) is 0 Å². The van der Waals surface area contributed by atoms with Gasteiger partial charge in [0, 0.05) is 5.56 Å². The predicted molar refractivity (Wildman–Crippen MR) is 51.3 cm³/mol. The largest absolute Gasteiger partial charge is 0.459 e. The maximum atomic E-state index is 5.64. The van der Waals surface area contributed by atoms with Gasteiger partial charge in [0.1, 0.15) is 5.75 Å². The number of para-hydroxylation sites is 1. The van der Waals surface area contributed by atoms with Crippen LogP contribution in [0.25, 0.3) is 0 Å². The van der Waals surface area contributed by atoms with Crippen LogP contribution in [-0.4, -0.2) is 25.8 Å². The molecule has 0 N–H and O–H groups in total. The lowest BCUT2D eigenvalue weighted by molar-refractivity contribution is -0.229. The molecule has 3 rings (SSSR count). The van der Waals surface area contributed by atoms with Crippen molar-refractivity contribution in [3.8, 4) is 5.75 Å². The van der Waals surface area contributed by atoms with Crippen molar-refractivity contribution in [3.05, 3.63) is 29.8 Å². The minimum Gasteiger partial charge on any atom is -0.459 e. The molecule has 0 spiro atoms. The first-order valence-electron chi connectivity index (χ1n) is 5.03. The zero-order valence-corrected chi connectivity index (χ0v) is 8.22. The van der Waals surface area contributed by atoms with Crippen molar-refractivity contribution in [2.45, 2.75) is 19.2 Å². The minimum atomic E-state index is -0.442. The van der Waals surface area contributed by atoms with Gasteiger partial charge in [0.05, 0.1) is 19.8 Å². The number of ether oxygens (including phenoxy) is 4. The maximum absolute atomic E-state index is 5.64. The standard InChI is InChI=1S/C11H12O4/c1-2-4-9-8(3-1)7-14-11(15-9)10-12-5-6-13-10/h1-4,10-11H,5-7H2. The van der Waals surface area contributed by atoms with E-state index >= 15 is 0 Å². The molecule has 2 aliphatic rings. The summed E-state index contributed by atoms with van der Waals surface area (Å²) in [6.07, 6.45) is -0.833. The van der Waals surface area contributed by atoms with Gasteiger partial charge in [-0.3, -0.25) is 0 Å². The molecule has 2 aliphatic heterocycles. The molecule has 15 heavy (non-hydrogen) atoms. The molecule has 1 saturated heterocycles. The summed E-state index contributed by atoms with van der Waals surface area (Å²) in [5, 5.41) is 0. The summed E-state index contributed by atoms with van der Waals surface area (Å²) in [5.74, 6) is 0.854. The van der Waals surface area contributed by atoms with E-state index in [1.807, 2.05) is 24.3 Å². The third kappa shape index (κ3) is 1.71. The van der Waals surface area contributed by atoms with Crippen LogP contribution in [0, 0.1) is 0 Å². The van der Waals surface area contributed by atoms with Crippen molar-refractivity contribution in [2.24, 2.45) is 0 Å². The average molecular weight is 208 g/mol. The zero-order chi connectivity index (χ0) is 10.1. The third-order valence-electron chi connectivity index (χ3n) is 2.49. The Labute approximate surface area is 87.7 Å². The Hall–Kier alpha value is -1.10. The first-order chi connectivity index (χ1) is 7.43. The summed E-state index contributed by atoms with van der Waals surface area (Å²) in [7, 11) is 0. The van der Waals surface area contributed by atoms with E-state index in [-0.39, 0.29) is 0 Å². The molecule has 80 valence electrons. The van der Waals surface area contributed by atoms with Gasteiger partial charge in [0.2, 0.25) is 6.29 Å². The van der Waals surface area contributed by atoms with Gasteiger partial charge in [-0.2, -0.15) is 0 Å². The lowest BCUT2D eigenvalue weighted by atomic mass is 10.2. The first-order valence-corrected chi connectivity index (χ1v) is 5.03. The van der Waals surface area contributed by atoms with Crippen LogP contribution in [0.2, 0.25) is 0 Å². The van der Waals surface area contributed by atoms with E-state index in [2.05, 4.69) is 0 Å². The Morgan fingerprint density at radius 1 is 0.933 bits per heavy atom. The highest BCUT2D eigenvalue weighted by atomic mass is 16.8. The zero-order valence-electron chi connectivity index (χ0n) is 8.22. The second-order valence-electron chi connectivity index (χ2n) is 3.51. The van der Waals surface area contributed by atoms with Crippen molar-refractivity contribution in [1.82, 2.24) is 0 Å². The Bertz CT molecular complexity index is 346. The van der Waals surface area contributed by atoms with Gasteiger partial charge in [-0.1, -0.05) is 18.2 Å². The summed E-state index contributed by atoms with van der Waals surface area (Å²) < 4.78 is 21.8. The average Bonchev–Trinajstić information content (AvgIpc) is 2.82. The fraction of sp³-hybridized carbons (Fsp3) is 0.455. The number of hydrogen-bond acceptors (Lipinski definition) is 4. The summed E-state index contributed by atoms with van der Waals surface area (Å²) in [6, 6.07) is 7.83. The Kier molecular flexibility index (Phi) is 2.32. The van der Waals surface area contributed by atoms with Crippen LogP contribution < -0.4 is 4.74 Å². The molecular weight excluding hydrogens is 196 g/mol. The SMILES string of the molecule is c1ccc2c(c1)COC(C1OCCO1)O2. The molecule has 0 radical (unpaired) electrons. The number of fused-ring (bicyclic) bond motifs is 1. The third-order valence-corrected chi connectivity index (χ3v) is 2.49. The summed E-state index contributed by atoms with van der Waals surface area (Å²) >= 11 is 0. The Morgan fingerprint density at radius 3 is 2.60 bits per heavy atom. The van der Waals surface area contributed by atoms with E-state index in [1.165, 1.54) is 0 Å². The van der Waals surface area contributed by atoms with Gasteiger partial charge in [0.25, 0.3) is 6.29 Å². The van der Waals surface area contributed by atoms with Crippen molar-refractivity contribution in [2.75, 3.05) is 13.2 Å². The summed E-state index contributed by atoms with van der Waals surface area (Å²) in [5.41, 5.74) is 1.06. The molecule has 1 unspecified atom stereocenters. The van der Waals surface area contributed by atoms with Gasteiger partial charge in [0.15, 0.2) is 0 Å². The lowest BCUT2D eigenvalue weighted by Crippen LogP contribution is -2.37. The highest BCUT2D eigenvalue weighted by Crippen LogP contribution is 2.28. The molecule has 2 heterocycles. The fourth-order valence-corrected chi connectivity index (χ4v) is 1.74. The maximum Gasteiger partial charge on any atom is 0.251 e.